The van der Waals surface area contributed by atoms with Gasteiger partial charge in [0, 0.05) is 19.1 Å². The highest BCUT2D eigenvalue weighted by atomic mass is 16.5. The Morgan fingerprint density at radius 3 is 2.44 bits per heavy atom. The number of likely N-dealkylation sites (tertiary alicyclic amines) is 1. The van der Waals surface area contributed by atoms with E-state index in [2.05, 4.69) is 10.6 Å². The number of fused-ring (bicyclic) bond motifs is 1. The Kier molecular flexibility index (Phi) is 8.14. The summed E-state index contributed by atoms with van der Waals surface area (Å²) < 4.78 is 5.63. The SMILES string of the molecule is CCCCN1C(=O)C2C(c3ccc(OCCC)cc3)NC(CCCNC(N)=O)(C(=O)O)C2C1=O. The van der Waals surface area contributed by atoms with Crippen LogP contribution in [-0.4, -0.2) is 59.1 Å². The molecule has 5 N–H and O–H groups in total. The highest BCUT2D eigenvalue weighted by Crippen LogP contribution is 2.50. The van der Waals surface area contributed by atoms with E-state index in [1.54, 1.807) is 24.3 Å². The van der Waals surface area contributed by atoms with Gasteiger partial charge in [0.2, 0.25) is 11.8 Å². The van der Waals surface area contributed by atoms with E-state index >= 15 is 0 Å². The highest BCUT2D eigenvalue weighted by Gasteiger charge is 2.67. The zero-order valence-corrected chi connectivity index (χ0v) is 19.7. The number of imide groups is 1. The van der Waals surface area contributed by atoms with Crippen molar-refractivity contribution in [3.63, 3.8) is 0 Å². The van der Waals surface area contributed by atoms with E-state index in [0.29, 0.717) is 18.8 Å². The van der Waals surface area contributed by atoms with E-state index in [4.69, 9.17) is 10.5 Å². The molecule has 3 rings (SSSR count). The molecule has 10 heteroatoms. The van der Waals surface area contributed by atoms with Crippen LogP contribution in [0.5, 0.6) is 5.75 Å². The molecular formula is C24H34N4O6. The number of rotatable bonds is 12. The van der Waals surface area contributed by atoms with Crippen molar-refractivity contribution in [1.29, 1.82) is 0 Å². The van der Waals surface area contributed by atoms with Crippen molar-refractivity contribution in [2.45, 2.75) is 57.5 Å². The van der Waals surface area contributed by atoms with Crippen LogP contribution in [0.15, 0.2) is 24.3 Å². The second-order valence-corrected chi connectivity index (χ2v) is 8.90. The van der Waals surface area contributed by atoms with E-state index in [9.17, 15) is 24.3 Å². The third kappa shape index (κ3) is 4.86. The summed E-state index contributed by atoms with van der Waals surface area (Å²) in [4.78, 5) is 51.7. The van der Waals surface area contributed by atoms with Crippen molar-refractivity contribution < 1.29 is 29.0 Å². The molecule has 1 aromatic rings. The lowest BCUT2D eigenvalue weighted by molar-refractivity contribution is -0.151. The first-order valence-electron chi connectivity index (χ1n) is 11.9. The van der Waals surface area contributed by atoms with Crippen molar-refractivity contribution >= 4 is 23.8 Å². The molecule has 2 aliphatic heterocycles. The molecule has 4 amide bonds. The van der Waals surface area contributed by atoms with E-state index in [0.717, 1.165) is 18.4 Å². The largest absolute Gasteiger partial charge is 0.494 e. The van der Waals surface area contributed by atoms with Crippen molar-refractivity contribution in [2.75, 3.05) is 19.7 Å². The van der Waals surface area contributed by atoms with Gasteiger partial charge in [-0.1, -0.05) is 32.4 Å². The monoisotopic (exact) mass is 474 g/mol. The minimum Gasteiger partial charge on any atom is -0.494 e. The third-order valence-electron chi connectivity index (χ3n) is 6.62. The zero-order valence-electron chi connectivity index (χ0n) is 19.7. The Balaban J connectivity index is 1.95. The lowest BCUT2D eigenvalue weighted by Gasteiger charge is -2.31. The van der Waals surface area contributed by atoms with Crippen molar-refractivity contribution in [3.05, 3.63) is 29.8 Å². The number of carbonyl (C=O) groups is 4. The van der Waals surface area contributed by atoms with Crippen LogP contribution in [0.4, 0.5) is 4.79 Å². The fraction of sp³-hybridized carbons (Fsp3) is 0.583. The summed E-state index contributed by atoms with van der Waals surface area (Å²) in [5, 5.41) is 15.9. The maximum absolute atomic E-state index is 13.4. The number of nitrogens with one attached hydrogen (secondary N) is 2. The molecule has 0 radical (unpaired) electrons. The topological polar surface area (TPSA) is 151 Å². The van der Waals surface area contributed by atoms with Gasteiger partial charge in [0.15, 0.2) is 0 Å². The van der Waals surface area contributed by atoms with Crippen molar-refractivity contribution in [1.82, 2.24) is 15.5 Å². The molecule has 2 heterocycles. The summed E-state index contributed by atoms with van der Waals surface area (Å²) in [5.74, 6) is -3.17. The molecule has 0 saturated carbocycles. The molecule has 0 aromatic heterocycles. The van der Waals surface area contributed by atoms with Gasteiger partial charge in [0.25, 0.3) is 0 Å². The van der Waals surface area contributed by atoms with Crippen LogP contribution in [-0.2, 0) is 14.4 Å². The maximum atomic E-state index is 13.4. The normalized spacial score (nSPS) is 25.9. The Hall–Kier alpha value is -3.14. The summed E-state index contributed by atoms with van der Waals surface area (Å²) >= 11 is 0. The zero-order chi connectivity index (χ0) is 24.9. The number of ether oxygens (including phenoxy) is 1. The summed E-state index contributed by atoms with van der Waals surface area (Å²) in [7, 11) is 0. The molecule has 0 bridgehead atoms. The molecule has 4 atom stereocenters. The average Bonchev–Trinajstić information content (AvgIpc) is 3.28. The second-order valence-electron chi connectivity index (χ2n) is 8.90. The highest BCUT2D eigenvalue weighted by molar-refractivity contribution is 6.09. The van der Waals surface area contributed by atoms with Gasteiger partial charge in [0.1, 0.15) is 11.3 Å². The van der Waals surface area contributed by atoms with Gasteiger partial charge in [-0.25, -0.2) is 4.79 Å². The number of nitrogens with zero attached hydrogens (tertiary/aromatic N) is 1. The maximum Gasteiger partial charge on any atom is 0.324 e. The first-order chi connectivity index (χ1) is 16.3. The number of carbonyl (C=O) groups excluding carboxylic acids is 3. The molecular weight excluding hydrogens is 440 g/mol. The molecule has 186 valence electrons. The predicted molar refractivity (Wildman–Crippen MR) is 124 cm³/mol. The Morgan fingerprint density at radius 1 is 1.15 bits per heavy atom. The Morgan fingerprint density at radius 2 is 1.85 bits per heavy atom. The molecule has 34 heavy (non-hydrogen) atoms. The number of urea groups is 1. The minimum atomic E-state index is -1.64. The first-order valence-corrected chi connectivity index (χ1v) is 11.9. The molecule has 0 aliphatic carbocycles. The van der Waals surface area contributed by atoms with Crippen LogP contribution >= 0.6 is 0 Å². The molecule has 4 unspecified atom stereocenters. The molecule has 2 saturated heterocycles. The van der Waals surface area contributed by atoms with E-state index in [1.807, 2.05) is 13.8 Å². The molecule has 2 fully saturated rings. The molecule has 0 spiro atoms. The number of nitrogens with two attached hydrogens (primary N) is 1. The number of hydrogen-bond acceptors (Lipinski definition) is 6. The Labute approximate surface area is 199 Å². The fourth-order valence-corrected chi connectivity index (χ4v) is 4.99. The van der Waals surface area contributed by atoms with Gasteiger partial charge in [-0.15, -0.1) is 0 Å². The standard InChI is InChI=1S/C24H34N4O6/c1-3-5-13-28-20(29)17-18(21(28)30)24(22(31)32,11-6-12-26-23(25)33)27-19(17)15-7-9-16(10-8-15)34-14-4-2/h7-10,17-19,27H,3-6,11-14H2,1-2H3,(H,31,32)(H3,25,26,33). The van der Waals surface area contributed by atoms with Crippen LogP contribution in [0.1, 0.15) is 57.6 Å². The molecule has 10 nitrogen and oxygen atoms in total. The lowest BCUT2D eigenvalue weighted by atomic mass is 9.77. The summed E-state index contributed by atoms with van der Waals surface area (Å²) in [6.07, 6.45) is 2.65. The average molecular weight is 475 g/mol. The molecule has 2 aliphatic rings. The number of carboxylic acids is 1. The predicted octanol–water partition coefficient (Wildman–Crippen LogP) is 1.79. The van der Waals surface area contributed by atoms with Crippen molar-refractivity contribution in [3.8, 4) is 5.75 Å². The van der Waals surface area contributed by atoms with E-state index in [1.165, 1.54) is 4.90 Å². The second kappa shape index (κ2) is 10.9. The molecule has 1 aromatic carbocycles. The lowest BCUT2D eigenvalue weighted by Crippen LogP contribution is -2.56. The summed E-state index contributed by atoms with van der Waals surface area (Å²) in [5.41, 5.74) is 4.19. The van der Waals surface area contributed by atoms with E-state index in [-0.39, 0.29) is 31.8 Å². The number of benzene rings is 1. The summed E-state index contributed by atoms with van der Waals surface area (Å²) in [6.45, 7) is 4.99. The number of amides is 4. The Bertz CT molecular complexity index is 921. The first kappa shape index (κ1) is 25.5. The van der Waals surface area contributed by atoms with Crippen LogP contribution in [0.25, 0.3) is 0 Å². The van der Waals surface area contributed by atoms with E-state index < -0.39 is 41.3 Å². The fourth-order valence-electron chi connectivity index (χ4n) is 4.99. The number of unbranched alkanes of at least 4 members (excludes halogenated alkanes) is 1. The van der Waals surface area contributed by atoms with Gasteiger partial charge in [-0.3, -0.25) is 24.6 Å². The van der Waals surface area contributed by atoms with Gasteiger partial charge < -0.3 is 20.9 Å². The van der Waals surface area contributed by atoms with Gasteiger partial charge in [-0.05, 0) is 43.4 Å². The number of carboxylic acid groups (broad SMARTS) is 1. The van der Waals surface area contributed by atoms with Crippen molar-refractivity contribution in [2.24, 2.45) is 17.6 Å². The van der Waals surface area contributed by atoms with Gasteiger partial charge >= 0.3 is 12.0 Å². The number of primary amides is 1. The van der Waals surface area contributed by atoms with Crippen LogP contribution in [0.3, 0.4) is 0 Å². The third-order valence-corrected chi connectivity index (χ3v) is 6.62. The quantitative estimate of drug-likeness (QED) is 0.266. The van der Waals surface area contributed by atoms with Crippen LogP contribution in [0.2, 0.25) is 0 Å². The van der Waals surface area contributed by atoms with Gasteiger partial charge in [0.05, 0.1) is 18.4 Å². The van der Waals surface area contributed by atoms with Crippen LogP contribution in [0, 0.1) is 11.8 Å². The number of hydrogen-bond donors (Lipinski definition) is 4. The van der Waals surface area contributed by atoms with Crippen LogP contribution < -0.4 is 21.1 Å². The minimum absolute atomic E-state index is 0.0542. The van der Waals surface area contributed by atoms with Gasteiger partial charge in [-0.2, -0.15) is 0 Å². The smallest absolute Gasteiger partial charge is 0.324 e. The number of aliphatic carboxylic acids is 1. The summed E-state index contributed by atoms with van der Waals surface area (Å²) in [6, 6.07) is 5.83.